The molecule has 0 saturated heterocycles. The summed E-state index contributed by atoms with van der Waals surface area (Å²) in [7, 11) is 1.35. The van der Waals surface area contributed by atoms with Crippen LogP contribution in [0.25, 0.3) is 0 Å². The van der Waals surface area contributed by atoms with E-state index in [2.05, 4.69) is 25.8 Å². The van der Waals surface area contributed by atoms with Gasteiger partial charge in [0.15, 0.2) is 5.69 Å². The van der Waals surface area contributed by atoms with Gasteiger partial charge in [-0.15, -0.1) is 0 Å². The first kappa shape index (κ1) is 16.5. The summed E-state index contributed by atoms with van der Waals surface area (Å²) < 4.78 is 6.71. The van der Waals surface area contributed by atoms with Gasteiger partial charge >= 0.3 is 5.97 Å². The summed E-state index contributed by atoms with van der Waals surface area (Å²) in [6.45, 7) is 8.59. The molecule has 0 aliphatic carbocycles. The average Bonchev–Trinajstić information content (AvgIpc) is 2.74. The van der Waals surface area contributed by atoms with Crippen molar-refractivity contribution >= 4 is 11.8 Å². The number of carbonyl (C=O) groups excluding carboxylic acids is 1. The third kappa shape index (κ3) is 3.74. The molecule has 114 valence electrons. The van der Waals surface area contributed by atoms with E-state index in [-0.39, 0.29) is 11.7 Å². The second-order valence-corrected chi connectivity index (χ2v) is 5.65. The molecule has 1 atom stereocenters. The fourth-order valence-corrected chi connectivity index (χ4v) is 2.43. The molecule has 0 amide bonds. The normalized spacial score (nSPS) is 12.7. The Morgan fingerprint density at radius 1 is 1.35 bits per heavy atom. The van der Waals surface area contributed by atoms with Crippen LogP contribution in [-0.4, -0.2) is 22.6 Å². The molecule has 1 rings (SSSR count). The lowest BCUT2D eigenvalue weighted by Crippen LogP contribution is -2.13. The summed E-state index contributed by atoms with van der Waals surface area (Å²) in [5, 5.41) is 0. The highest BCUT2D eigenvalue weighted by molar-refractivity contribution is 5.92. The van der Waals surface area contributed by atoms with Crippen LogP contribution in [0.4, 0.5) is 5.82 Å². The Morgan fingerprint density at radius 2 is 2.00 bits per heavy atom. The molecule has 20 heavy (non-hydrogen) atoms. The first-order valence-corrected chi connectivity index (χ1v) is 7.37. The SMILES string of the molecule is CCc1nc(C(=O)OC)c(N)n1C(C)CCCC(C)C. The fraction of sp³-hybridized carbons (Fsp3) is 0.733. The number of imidazole rings is 1. The summed E-state index contributed by atoms with van der Waals surface area (Å²) in [6, 6.07) is 0.245. The van der Waals surface area contributed by atoms with Gasteiger partial charge in [-0.3, -0.25) is 0 Å². The van der Waals surface area contributed by atoms with Gasteiger partial charge in [0, 0.05) is 12.5 Å². The third-order valence-electron chi connectivity index (χ3n) is 3.56. The predicted molar refractivity (Wildman–Crippen MR) is 80.8 cm³/mol. The van der Waals surface area contributed by atoms with E-state index in [9.17, 15) is 4.79 Å². The standard InChI is InChI=1S/C15H27N3O2/c1-6-12-17-13(15(19)20-5)14(16)18(12)11(4)9-7-8-10(2)3/h10-11H,6-9,16H2,1-5H3. The Bertz CT molecular complexity index is 452. The van der Waals surface area contributed by atoms with Gasteiger partial charge in [0.1, 0.15) is 11.6 Å². The Hall–Kier alpha value is -1.52. The van der Waals surface area contributed by atoms with Crippen LogP contribution >= 0.6 is 0 Å². The number of aryl methyl sites for hydroxylation is 1. The summed E-state index contributed by atoms with van der Waals surface area (Å²) in [5.41, 5.74) is 6.32. The van der Waals surface area contributed by atoms with Crippen molar-refractivity contribution in [1.29, 1.82) is 0 Å². The van der Waals surface area contributed by atoms with Crippen LogP contribution < -0.4 is 5.73 Å². The van der Waals surface area contributed by atoms with Gasteiger partial charge in [0.25, 0.3) is 0 Å². The number of ether oxygens (including phenoxy) is 1. The van der Waals surface area contributed by atoms with Gasteiger partial charge in [0.2, 0.25) is 0 Å². The molecule has 2 N–H and O–H groups in total. The van der Waals surface area contributed by atoms with Crippen LogP contribution in [0.2, 0.25) is 0 Å². The van der Waals surface area contributed by atoms with E-state index in [0.29, 0.717) is 11.7 Å². The summed E-state index contributed by atoms with van der Waals surface area (Å²) in [4.78, 5) is 16.0. The number of nitrogen functional groups attached to an aromatic ring is 1. The maximum Gasteiger partial charge on any atom is 0.360 e. The zero-order valence-corrected chi connectivity index (χ0v) is 13.3. The molecule has 1 heterocycles. The van der Waals surface area contributed by atoms with Crippen molar-refractivity contribution in [2.45, 2.75) is 59.4 Å². The van der Waals surface area contributed by atoms with E-state index < -0.39 is 5.97 Å². The molecule has 5 heteroatoms. The molecule has 0 fully saturated rings. The van der Waals surface area contributed by atoms with Crippen LogP contribution in [0, 0.1) is 5.92 Å². The first-order chi connectivity index (χ1) is 9.42. The van der Waals surface area contributed by atoms with Crippen LogP contribution in [0.15, 0.2) is 0 Å². The number of hydrogen-bond donors (Lipinski definition) is 1. The van der Waals surface area contributed by atoms with E-state index in [4.69, 9.17) is 10.5 Å². The Kier molecular flexibility index (Phi) is 6.05. The lowest BCUT2D eigenvalue weighted by Gasteiger charge is -2.18. The monoisotopic (exact) mass is 281 g/mol. The zero-order chi connectivity index (χ0) is 15.3. The van der Waals surface area contributed by atoms with E-state index in [1.165, 1.54) is 13.5 Å². The third-order valence-corrected chi connectivity index (χ3v) is 3.56. The second kappa shape index (κ2) is 7.31. The molecular weight excluding hydrogens is 254 g/mol. The molecule has 0 bridgehead atoms. The quantitative estimate of drug-likeness (QED) is 0.779. The van der Waals surface area contributed by atoms with Gasteiger partial charge in [-0.1, -0.05) is 33.6 Å². The smallest absolute Gasteiger partial charge is 0.360 e. The first-order valence-electron chi connectivity index (χ1n) is 7.37. The second-order valence-electron chi connectivity index (χ2n) is 5.65. The number of esters is 1. The number of aromatic nitrogens is 2. The van der Waals surface area contributed by atoms with Crippen LogP contribution in [0.1, 0.15) is 69.3 Å². The zero-order valence-electron chi connectivity index (χ0n) is 13.3. The van der Waals surface area contributed by atoms with Gasteiger partial charge in [-0.05, 0) is 19.3 Å². The van der Waals surface area contributed by atoms with Crippen molar-refractivity contribution in [2.24, 2.45) is 5.92 Å². The minimum absolute atomic E-state index is 0.236. The van der Waals surface area contributed by atoms with Crippen molar-refractivity contribution in [1.82, 2.24) is 9.55 Å². The van der Waals surface area contributed by atoms with Crippen LogP contribution in [-0.2, 0) is 11.2 Å². The van der Waals surface area contributed by atoms with E-state index in [0.717, 1.165) is 25.1 Å². The number of anilines is 1. The molecule has 5 nitrogen and oxygen atoms in total. The Morgan fingerprint density at radius 3 is 2.50 bits per heavy atom. The van der Waals surface area contributed by atoms with Crippen molar-refractivity contribution in [3.63, 3.8) is 0 Å². The van der Waals surface area contributed by atoms with E-state index in [1.807, 2.05) is 11.5 Å². The highest BCUT2D eigenvalue weighted by Gasteiger charge is 2.22. The predicted octanol–water partition coefficient (Wildman–Crippen LogP) is 3.20. The van der Waals surface area contributed by atoms with Gasteiger partial charge < -0.3 is 15.0 Å². The molecular formula is C15H27N3O2. The lowest BCUT2D eigenvalue weighted by atomic mass is 10.0. The van der Waals surface area contributed by atoms with Gasteiger partial charge in [0.05, 0.1) is 7.11 Å². The molecule has 0 radical (unpaired) electrons. The van der Waals surface area contributed by atoms with Crippen LogP contribution in [0.3, 0.4) is 0 Å². The van der Waals surface area contributed by atoms with Crippen molar-refractivity contribution < 1.29 is 9.53 Å². The molecule has 1 unspecified atom stereocenters. The molecule has 0 spiro atoms. The van der Waals surface area contributed by atoms with Crippen molar-refractivity contribution in [3.8, 4) is 0 Å². The van der Waals surface area contributed by atoms with Crippen molar-refractivity contribution in [2.75, 3.05) is 12.8 Å². The molecule has 0 aromatic carbocycles. The summed E-state index contributed by atoms with van der Waals surface area (Å²) in [6.07, 6.45) is 4.12. The lowest BCUT2D eigenvalue weighted by molar-refractivity contribution is 0.0595. The molecule has 0 aliphatic rings. The Labute approximate surface area is 121 Å². The minimum atomic E-state index is -0.467. The molecule has 1 aromatic rings. The number of carbonyl (C=O) groups is 1. The number of nitrogens with two attached hydrogens (primary N) is 1. The number of methoxy groups -OCH3 is 1. The Balaban J connectivity index is 2.92. The van der Waals surface area contributed by atoms with Gasteiger partial charge in [-0.2, -0.15) is 0 Å². The largest absolute Gasteiger partial charge is 0.464 e. The topological polar surface area (TPSA) is 70.1 Å². The molecule has 0 aliphatic heterocycles. The van der Waals surface area contributed by atoms with Crippen LogP contribution in [0.5, 0.6) is 0 Å². The number of nitrogens with zero attached hydrogens (tertiary/aromatic N) is 2. The fourth-order valence-electron chi connectivity index (χ4n) is 2.43. The van der Waals surface area contributed by atoms with E-state index >= 15 is 0 Å². The minimum Gasteiger partial charge on any atom is -0.464 e. The maximum absolute atomic E-state index is 11.7. The van der Waals surface area contributed by atoms with Crippen molar-refractivity contribution in [3.05, 3.63) is 11.5 Å². The number of rotatable bonds is 7. The number of hydrogen-bond acceptors (Lipinski definition) is 4. The molecule has 1 aromatic heterocycles. The summed E-state index contributed by atoms with van der Waals surface area (Å²) >= 11 is 0. The highest BCUT2D eigenvalue weighted by Crippen LogP contribution is 2.25. The van der Waals surface area contributed by atoms with Gasteiger partial charge in [-0.25, -0.2) is 9.78 Å². The van der Waals surface area contributed by atoms with E-state index in [1.54, 1.807) is 0 Å². The average molecular weight is 281 g/mol. The maximum atomic E-state index is 11.7. The molecule has 0 saturated carbocycles. The highest BCUT2D eigenvalue weighted by atomic mass is 16.5. The summed E-state index contributed by atoms with van der Waals surface area (Å²) in [5.74, 6) is 1.51.